The van der Waals surface area contributed by atoms with Crippen molar-refractivity contribution in [2.75, 3.05) is 0 Å². The normalized spacial score (nSPS) is 14.3. The van der Waals surface area contributed by atoms with Gasteiger partial charge in [0.1, 0.15) is 0 Å². The lowest BCUT2D eigenvalue weighted by atomic mass is 9.94. The predicted octanol–water partition coefficient (Wildman–Crippen LogP) is 4.68. The predicted molar refractivity (Wildman–Crippen MR) is 85.5 cm³/mol. The molecule has 1 aromatic carbocycles. The third-order valence-electron chi connectivity index (χ3n) is 3.55. The second-order valence-electron chi connectivity index (χ2n) is 5.23. The average Bonchev–Trinajstić information content (AvgIpc) is 2.81. The fourth-order valence-corrected chi connectivity index (χ4v) is 3.50. The summed E-state index contributed by atoms with van der Waals surface area (Å²) < 4.78 is 0. The minimum atomic E-state index is -0.746. The number of rotatable bonds is 7. The van der Waals surface area contributed by atoms with Gasteiger partial charge in [0.25, 0.3) is 0 Å². The van der Waals surface area contributed by atoms with E-state index < -0.39 is 5.97 Å². The summed E-state index contributed by atoms with van der Waals surface area (Å²) in [6.45, 7) is 2.14. The number of H-pyrrole nitrogens is 1. The third kappa shape index (κ3) is 3.85. The smallest absolute Gasteiger partial charge is 0.304 e. The van der Waals surface area contributed by atoms with Crippen molar-refractivity contribution in [2.24, 2.45) is 0 Å². The van der Waals surface area contributed by atoms with E-state index in [0.717, 1.165) is 35.9 Å². The number of hydrogen-bond acceptors (Lipinski definition) is 1. The second kappa shape index (κ2) is 6.93. The first-order valence-corrected chi connectivity index (χ1v) is 7.95. The molecule has 2 aromatic rings. The number of aromatic amines is 1. The van der Waals surface area contributed by atoms with E-state index in [4.69, 9.17) is 5.11 Å². The maximum absolute atomic E-state index is 11.1. The van der Waals surface area contributed by atoms with E-state index in [-0.39, 0.29) is 12.3 Å². The van der Waals surface area contributed by atoms with E-state index in [1.54, 1.807) is 0 Å². The monoisotopic (exact) mass is 337 g/mol. The molecule has 0 bridgehead atoms. The zero-order valence-electron chi connectivity index (χ0n) is 11.6. The van der Waals surface area contributed by atoms with Crippen LogP contribution in [0, 0.1) is 0 Å². The molecule has 0 spiro atoms. The highest BCUT2D eigenvalue weighted by Gasteiger charge is 2.20. The molecule has 2 atom stereocenters. The number of carbonyl (C=O) groups is 1. The number of benzene rings is 1. The molecule has 0 aliphatic rings. The van der Waals surface area contributed by atoms with Crippen molar-refractivity contribution in [3.63, 3.8) is 0 Å². The van der Waals surface area contributed by atoms with Gasteiger partial charge in [-0.3, -0.25) is 4.79 Å². The van der Waals surface area contributed by atoms with E-state index in [9.17, 15) is 4.79 Å². The van der Waals surface area contributed by atoms with Crippen LogP contribution in [0.3, 0.4) is 0 Å². The molecule has 2 unspecified atom stereocenters. The lowest BCUT2D eigenvalue weighted by Crippen LogP contribution is -2.12. The van der Waals surface area contributed by atoms with Crippen molar-refractivity contribution in [1.82, 2.24) is 4.98 Å². The number of para-hydroxylation sites is 1. The van der Waals surface area contributed by atoms with Crippen LogP contribution in [0.2, 0.25) is 0 Å². The first-order valence-electron chi connectivity index (χ1n) is 7.03. The van der Waals surface area contributed by atoms with Gasteiger partial charge in [-0.25, -0.2) is 0 Å². The van der Waals surface area contributed by atoms with Crippen LogP contribution in [0.25, 0.3) is 10.9 Å². The van der Waals surface area contributed by atoms with Gasteiger partial charge >= 0.3 is 5.97 Å². The molecule has 1 aromatic heterocycles. The van der Waals surface area contributed by atoms with Crippen molar-refractivity contribution in [3.05, 3.63) is 36.0 Å². The third-order valence-corrected chi connectivity index (χ3v) is 4.39. The van der Waals surface area contributed by atoms with Crippen LogP contribution >= 0.6 is 15.9 Å². The number of alkyl halides is 1. The van der Waals surface area contributed by atoms with Gasteiger partial charge in [0, 0.05) is 22.0 Å². The molecule has 0 aliphatic carbocycles. The maximum atomic E-state index is 11.1. The molecule has 2 rings (SSSR count). The molecule has 0 aliphatic heterocycles. The van der Waals surface area contributed by atoms with E-state index in [1.807, 2.05) is 24.3 Å². The average molecular weight is 338 g/mol. The lowest BCUT2D eigenvalue weighted by Gasteiger charge is -2.17. The summed E-state index contributed by atoms with van der Waals surface area (Å²) in [4.78, 5) is 14.8. The van der Waals surface area contributed by atoms with Crippen molar-refractivity contribution in [2.45, 2.75) is 43.4 Å². The first-order chi connectivity index (χ1) is 9.60. The highest BCUT2D eigenvalue weighted by atomic mass is 79.9. The standard InChI is InChI=1S/C16H20BrNO2/c1-2-5-13(17)8-12(10-16(19)20)15-9-11-6-3-4-7-14(11)18-15/h3-4,6-7,9,12-13,18H,2,5,8,10H2,1H3,(H,19,20). The van der Waals surface area contributed by atoms with Gasteiger partial charge in [-0.1, -0.05) is 47.5 Å². The highest BCUT2D eigenvalue weighted by molar-refractivity contribution is 9.09. The molecule has 0 radical (unpaired) electrons. The summed E-state index contributed by atoms with van der Waals surface area (Å²) in [6.07, 6.45) is 3.17. The van der Waals surface area contributed by atoms with E-state index in [1.165, 1.54) is 0 Å². The number of fused-ring (bicyclic) bond motifs is 1. The molecule has 4 heteroatoms. The molecule has 2 N–H and O–H groups in total. The Bertz CT molecular complexity index is 546. The fraction of sp³-hybridized carbons (Fsp3) is 0.438. The summed E-state index contributed by atoms with van der Waals surface area (Å²) in [7, 11) is 0. The molecular weight excluding hydrogens is 318 g/mol. The summed E-state index contributed by atoms with van der Waals surface area (Å²) in [5, 5.41) is 10.3. The van der Waals surface area contributed by atoms with Gasteiger partial charge in [-0.2, -0.15) is 0 Å². The Hall–Kier alpha value is -1.29. The number of aliphatic carboxylic acids is 1. The van der Waals surface area contributed by atoms with Crippen LogP contribution in [0.15, 0.2) is 30.3 Å². The number of hydrogen-bond donors (Lipinski definition) is 2. The van der Waals surface area contributed by atoms with Crippen LogP contribution in [0.1, 0.15) is 44.2 Å². The molecule has 0 saturated carbocycles. The Morgan fingerprint density at radius 3 is 2.80 bits per heavy atom. The fourth-order valence-electron chi connectivity index (χ4n) is 2.59. The van der Waals surface area contributed by atoms with Gasteiger partial charge in [-0.05, 0) is 30.4 Å². The van der Waals surface area contributed by atoms with Gasteiger partial charge in [-0.15, -0.1) is 0 Å². The van der Waals surface area contributed by atoms with Crippen LogP contribution in [-0.4, -0.2) is 20.9 Å². The molecule has 3 nitrogen and oxygen atoms in total. The molecule has 0 fully saturated rings. The molecular formula is C16H20BrNO2. The van der Waals surface area contributed by atoms with Gasteiger partial charge < -0.3 is 10.1 Å². The lowest BCUT2D eigenvalue weighted by molar-refractivity contribution is -0.137. The van der Waals surface area contributed by atoms with Crippen LogP contribution < -0.4 is 0 Å². The van der Waals surface area contributed by atoms with Gasteiger partial charge in [0.15, 0.2) is 0 Å². The number of halogens is 1. The summed E-state index contributed by atoms with van der Waals surface area (Å²) in [6, 6.07) is 10.1. The Morgan fingerprint density at radius 2 is 2.15 bits per heavy atom. The number of carboxylic acid groups (broad SMARTS) is 1. The molecule has 20 heavy (non-hydrogen) atoms. The van der Waals surface area contributed by atoms with E-state index >= 15 is 0 Å². The molecule has 108 valence electrons. The minimum Gasteiger partial charge on any atom is -0.481 e. The molecule has 0 saturated heterocycles. The Balaban J connectivity index is 2.22. The summed E-state index contributed by atoms with van der Waals surface area (Å²) in [5.41, 5.74) is 2.09. The quantitative estimate of drug-likeness (QED) is 0.720. The Kier molecular flexibility index (Phi) is 5.24. The van der Waals surface area contributed by atoms with Crippen LogP contribution in [0.5, 0.6) is 0 Å². The topological polar surface area (TPSA) is 53.1 Å². The molecule has 0 amide bonds. The maximum Gasteiger partial charge on any atom is 0.304 e. The van der Waals surface area contributed by atoms with Gasteiger partial charge in [0.05, 0.1) is 6.42 Å². The largest absolute Gasteiger partial charge is 0.481 e. The second-order valence-corrected chi connectivity index (χ2v) is 6.52. The first kappa shape index (κ1) is 15.1. The van der Waals surface area contributed by atoms with E-state index in [0.29, 0.717) is 4.83 Å². The van der Waals surface area contributed by atoms with Crippen LogP contribution in [0.4, 0.5) is 0 Å². The van der Waals surface area contributed by atoms with Crippen LogP contribution in [-0.2, 0) is 4.79 Å². The highest BCUT2D eigenvalue weighted by Crippen LogP contribution is 2.31. The van der Waals surface area contributed by atoms with Crippen molar-refractivity contribution < 1.29 is 9.90 Å². The Labute approximate surface area is 127 Å². The SMILES string of the molecule is CCCC(Br)CC(CC(=O)O)c1cc2ccccc2[nH]1. The zero-order valence-corrected chi connectivity index (χ0v) is 13.2. The van der Waals surface area contributed by atoms with Crippen molar-refractivity contribution in [1.29, 1.82) is 0 Å². The van der Waals surface area contributed by atoms with E-state index in [2.05, 4.69) is 33.9 Å². The number of carboxylic acids is 1. The summed E-state index contributed by atoms with van der Waals surface area (Å²) >= 11 is 3.66. The van der Waals surface area contributed by atoms with Crippen molar-refractivity contribution in [3.8, 4) is 0 Å². The van der Waals surface area contributed by atoms with Gasteiger partial charge in [0.2, 0.25) is 0 Å². The zero-order chi connectivity index (χ0) is 14.5. The van der Waals surface area contributed by atoms with Crippen molar-refractivity contribution >= 4 is 32.8 Å². The Morgan fingerprint density at radius 1 is 1.40 bits per heavy atom. The molecule has 1 heterocycles. The minimum absolute atomic E-state index is 0.0239. The number of nitrogens with one attached hydrogen (secondary N) is 1. The number of aromatic nitrogens is 1. The summed E-state index contributed by atoms with van der Waals surface area (Å²) in [5.74, 6) is -0.722.